The number of aromatic nitrogens is 1. The van der Waals surface area contributed by atoms with Crippen molar-refractivity contribution in [2.45, 2.75) is 33.1 Å². The second kappa shape index (κ2) is 7.90. The number of aryl methyl sites for hydroxylation is 2. The summed E-state index contributed by atoms with van der Waals surface area (Å²) in [5.41, 5.74) is 4.01. The number of fused-ring (bicyclic) bond motifs is 1. The van der Waals surface area contributed by atoms with Gasteiger partial charge in [0.05, 0.1) is 0 Å². The third-order valence-corrected chi connectivity index (χ3v) is 3.73. The summed E-state index contributed by atoms with van der Waals surface area (Å²) in [6.07, 6.45) is 5.46. The molecule has 3 rings (SSSR count). The van der Waals surface area contributed by atoms with Gasteiger partial charge in [0.2, 0.25) is 0 Å². The van der Waals surface area contributed by atoms with Gasteiger partial charge in [-0.15, -0.1) is 0 Å². The minimum atomic E-state index is 0.812. The first-order valence-corrected chi connectivity index (χ1v) is 7.91. The van der Waals surface area contributed by atoms with E-state index in [0.29, 0.717) is 0 Å². The molecule has 2 aromatic carbocycles. The number of hydrogen-bond donors (Lipinski definition) is 1. The zero-order valence-corrected chi connectivity index (χ0v) is 13.5. The molecule has 1 heterocycles. The molecule has 0 aliphatic rings. The van der Waals surface area contributed by atoms with Gasteiger partial charge in [-0.3, -0.25) is 0 Å². The van der Waals surface area contributed by atoms with E-state index >= 15 is 0 Å². The first-order chi connectivity index (χ1) is 10.2. The highest BCUT2D eigenvalue weighted by Gasteiger charge is 1.95. The largest absolute Gasteiger partial charge is 0.361 e. The number of benzene rings is 2. The monoisotopic (exact) mass is 299 g/mol. The smallest absolute Gasteiger partial charge is 0.0456 e. The second-order valence-corrected chi connectivity index (χ2v) is 5.57. The molecule has 1 nitrogen and oxygen atoms in total. The van der Waals surface area contributed by atoms with Crippen LogP contribution in [0.15, 0.2) is 54.7 Å². The first-order valence-electron chi connectivity index (χ1n) is 7.53. The molecular weight excluding hydrogens is 278 g/mol. The molecule has 1 N–H and O–H groups in total. The summed E-state index contributed by atoms with van der Waals surface area (Å²) in [4.78, 5) is 3.22. The maximum Gasteiger partial charge on any atom is 0.0456 e. The van der Waals surface area contributed by atoms with Crippen LogP contribution < -0.4 is 0 Å². The number of halogens is 1. The van der Waals surface area contributed by atoms with Gasteiger partial charge < -0.3 is 4.98 Å². The van der Waals surface area contributed by atoms with Crippen LogP contribution in [0.25, 0.3) is 10.9 Å². The third kappa shape index (κ3) is 4.64. The molecule has 0 aliphatic carbocycles. The van der Waals surface area contributed by atoms with Crippen molar-refractivity contribution in [1.82, 2.24) is 4.98 Å². The lowest BCUT2D eigenvalue weighted by Gasteiger charge is -1.97. The van der Waals surface area contributed by atoms with Crippen molar-refractivity contribution in [3.05, 3.63) is 70.9 Å². The standard InChI is InChI=1S/C11H13N.C8H9Cl/c1-2-3-9-4-5-10-6-7-12-11(10)8-9;1-2-7-3-5-8(9)6-4-7/h4-8,12H,2-3H2,1H3;3-6H,2H2,1H3. The van der Waals surface area contributed by atoms with Gasteiger partial charge in [-0.2, -0.15) is 0 Å². The van der Waals surface area contributed by atoms with E-state index in [0.717, 1.165) is 11.4 Å². The van der Waals surface area contributed by atoms with Crippen molar-refractivity contribution in [1.29, 1.82) is 0 Å². The average molecular weight is 300 g/mol. The van der Waals surface area contributed by atoms with Crippen LogP contribution in [-0.4, -0.2) is 4.98 Å². The van der Waals surface area contributed by atoms with Crippen LogP contribution in [0.2, 0.25) is 5.02 Å². The Hall–Kier alpha value is -1.73. The highest BCUT2D eigenvalue weighted by atomic mass is 35.5. The number of aromatic amines is 1. The van der Waals surface area contributed by atoms with Gasteiger partial charge in [0.25, 0.3) is 0 Å². The van der Waals surface area contributed by atoms with Crippen molar-refractivity contribution in [2.75, 3.05) is 0 Å². The summed E-state index contributed by atoms with van der Waals surface area (Å²) >= 11 is 5.67. The molecule has 0 aliphatic heterocycles. The van der Waals surface area contributed by atoms with E-state index in [-0.39, 0.29) is 0 Å². The Morgan fingerprint density at radius 3 is 2.29 bits per heavy atom. The van der Waals surface area contributed by atoms with Crippen LogP contribution in [0.1, 0.15) is 31.4 Å². The molecule has 0 atom stereocenters. The van der Waals surface area contributed by atoms with E-state index < -0.39 is 0 Å². The molecule has 0 amide bonds. The van der Waals surface area contributed by atoms with Crippen molar-refractivity contribution in [2.24, 2.45) is 0 Å². The summed E-state index contributed by atoms with van der Waals surface area (Å²) < 4.78 is 0. The lowest BCUT2D eigenvalue weighted by Crippen LogP contribution is -1.81. The van der Waals surface area contributed by atoms with Gasteiger partial charge in [0.15, 0.2) is 0 Å². The Morgan fingerprint density at radius 1 is 0.905 bits per heavy atom. The molecule has 0 saturated carbocycles. The van der Waals surface area contributed by atoms with Gasteiger partial charge >= 0.3 is 0 Å². The number of H-pyrrole nitrogens is 1. The topological polar surface area (TPSA) is 15.8 Å². The van der Waals surface area contributed by atoms with Gasteiger partial charge in [-0.1, -0.05) is 56.1 Å². The van der Waals surface area contributed by atoms with E-state index in [4.69, 9.17) is 11.6 Å². The highest BCUT2D eigenvalue weighted by molar-refractivity contribution is 6.30. The molecule has 0 saturated heterocycles. The van der Waals surface area contributed by atoms with Crippen LogP contribution in [0, 0.1) is 0 Å². The van der Waals surface area contributed by atoms with Crippen molar-refractivity contribution >= 4 is 22.5 Å². The number of nitrogens with one attached hydrogen (secondary N) is 1. The number of hydrogen-bond acceptors (Lipinski definition) is 0. The van der Waals surface area contributed by atoms with Gasteiger partial charge in [0.1, 0.15) is 0 Å². The fourth-order valence-electron chi connectivity index (χ4n) is 2.26. The maximum atomic E-state index is 5.67. The molecule has 0 radical (unpaired) electrons. The van der Waals surface area contributed by atoms with Crippen LogP contribution in [0.4, 0.5) is 0 Å². The zero-order valence-electron chi connectivity index (χ0n) is 12.7. The minimum absolute atomic E-state index is 0.812. The minimum Gasteiger partial charge on any atom is -0.361 e. The zero-order chi connectivity index (χ0) is 15.1. The lowest BCUT2D eigenvalue weighted by atomic mass is 10.1. The Morgan fingerprint density at radius 2 is 1.62 bits per heavy atom. The van der Waals surface area contributed by atoms with Crippen molar-refractivity contribution in [3.63, 3.8) is 0 Å². The molecule has 0 unspecified atom stereocenters. The van der Waals surface area contributed by atoms with Crippen LogP contribution in [0.5, 0.6) is 0 Å². The Kier molecular flexibility index (Phi) is 5.89. The second-order valence-electron chi connectivity index (χ2n) is 5.13. The predicted octanol–water partition coefficient (Wildman–Crippen LogP) is 6.02. The molecule has 0 spiro atoms. The molecule has 2 heteroatoms. The van der Waals surface area contributed by atoms with Crippen LogP contribution in [-0.2, 0) is 12.8 Å². The quantitative estimate of drug-likeness (QED) is 0.608. The first kappa shape index (κ1) is 15.7. The summed E-state index contributed by atoms with van der Waals surface area (Å²) in [5.74, 6) is 0. The van der Waals surface area contributed by atoms with E-state index in [1.165, 1.54) is 34.9 Å². The van der Waals surface area contributed by atoms with E-state index in [1.54, 1.807) is 0 Å². The Labute approximate surface area is 132 Å². The summed E-state index contributed by atoms with van der Waals surface area (Å²) in [5, 5.41) is 2.11. The lowest BCUT2D eigenvalue weighted by molar-refractivity contribution is 0.923. The molecular formula is C19H22ClN. The molecule has 1 aromatic heterocycles. The van der Waals surface area contributed by atoms with Crippen LogP contribution >= 0.6 is 11.6 Å². The fourth-order valence-corrected chi connectivity index (χ4v) is 2.39. The van der Waals surface area contributed by atoms with Crippen molar-refractivity contribution < 1.29 is 0 Å². The maximum absolute atomic E-state index is 5.67. The van der Waals surface area contributed by atoms with E-state index in [2.05, 4.69) is 43.1 Å². The summed E-state index contributed by atoms with van der Waals surface area (Å²) in [6.45, 7) is 4.34. The molecule has 110 valence electrons. The number of rotatable bonds is 3. The molecule has 0 bridgehead atoms. The van der Waals surface area contributed by atoms with Crippen molar-refractivity contribution in [3.8, 4) is 0 Å². The third-order valence-electron chi connectivity index (χ3n) is 3.48. The van der Waals surface area contributed by atoms with Gasteiger partial charge in [-0.05, 0) is 53.6 Å². The molecule has 3 aromatic rings. The Balaban J connectivity index is 0.000000161. The summed E-state index contributed by atoms with van der Waals surface area (Å²) in [7, 11) is 0. The van der Waals surface area contributed by atoms with Gasteiger partial charge in [-0.25, -0.2) is 0 Å². The van der Waals surface area contributed by atoms with Crippen LogP contribution in [0.3, 0.4) is 0 Å². The SMILES string of the molecule is CCCc1ccc2cc[nH]c2c1.CCc1ccc(Cl)cc1. The molecule has 21 heavy (non-hydrogen) atoms. The normalized spacial score (nSPS) is 10.2. The molecule has 0 fully saturated rings. The van der Waals surface area contributed by atoms with E-state index in [1.807, 2.05) is 30.5 Å². The predicted molar refractivity (Wildman–Crippen MR) is 93.1 cm³/mol. The van der Waals surface area contributed by atoms with Gasteiger partial charge in [0, 0.05) is 16.7 Å². The fraction of sp³-hybridized carbons (Fsp3) is 0.263. The average Bonchev–Trinajstić information content (AvgIpc) is 2.97. The van der Waals surface area contributed by atoms with E-state index in [9.17, 15) is 0 Å². The Bertz CT molecular complexity index is 667. The summed E-state index contributed by atoms with van der Waals surface area (Å²) in [6, 6.07) is 16.6. The highest BCUT2D eigenvalue weighted by Crippen LogP contribution is 2.14.